The van der Waals surface area contributed by atoms with Gasteiger partial charge in [-0.25, -0.2) is 0 Å². The largest absolute Gasteiger partial charge is 0.485 e. The Labute approximate surface area is 187 Å². The predicted molar refractivity (Wildman–Crippen MR) is 126 cm³/mol. The summed E-state index contributed by atoms with van der Waals surface area (Å²) in [5.41, 5.74) is 3.59. The van der Waals surface area contributed by atoms with Crippen molar-refractivity contribution in [3.63, 3.8) is 0 Å². The molecule has 0 unspecified atom stereocenters. The van der Waals surface area contributed by atoms with Crippen LogP contribution in [0.15, 0.2) is 60.7 Å². The molecule has 162 valence electrons. The molecule has 0 N–H and O–H groups in total. The molecule has 6 rings (SSSR count). The first kappa shape index (κ1) is 19.5. The number of ether oxygens (including phenoxy) is 2. The molecule has 1 aromatic heterocycles. The third-order valence-corrected chi connectivity index (χ3v) is 6.81. The number of rotatable bonds is 4. The fourth-order valence-electron chi connectivity index (χ4n) is 5.26. The molecule has 0 saturated carbocycles. The van der Waals surface area contributed by atoms with Crippen molar-refractivity contribution in [1.29, 1.82) is 0 Å². The molecule has 3 aromatic carbocycles. The van der Waals surface area contributed by atoms with Crippen LogP contribution in [0.3, 0.4) is 0 Å². The second-order valence-electron chi connectivity index (χ2n) is 8.73. The van der Waals surface area contributed by atoms with E-state index in [-0.39, 0.29) is 11.9 Å². The zero-order chi connectivity index (χ0) is 21.7. The number of hydrogen-bond donors (Lipinski definition) is 0. The lowest BCUT2D eigenvalue weighted by Gasteiger charge is -2.33. The molecule has 5 nitrogen and oxygen atoms in total. The smallest absolute Gasteiger partial charge is 0.196 e. The normalized spacial score (nSPS) is 18.7. The highest BCUT2D eigenvalue weighted by atomic mass is 16.5. The zero-order valence-electron chi connectivity index (χ0n) is 18.2. The number of para-hydroxylation sites is 1. The van der Waals surface area contributed by atoms with Crippen molar-refractivity contribution in [2.75, 3.05) is 32.8 Å². The van der Waals surface area contributed by atoms with Gasteiger partial charge >= 0.3 is 0 Å². The van der Waals surface area contributed by atoms with Crippen molar-refractivity contribution in [1.82, 2.24) is 9.47 Å². The predicted octanol–water partition coefficient (Wildman–Crippen LogP) is 4.43. The molecule has 32 heavy (non-hydrogen) atoms. The number of nitrogens with zero attached hydrogens (tertiary/aromatic N) is 2. The van der Waals surface area contributed by atoms with E-state index in [1.165, 1.54) is 0 Å². The van der Waals surface area contributed by atoms with Gasteiger partial charge in [-0.1, -0.05) is 54.6 Å². The highest BCUT2D eigenvalue weighted by molar-refractivity contribution is 6.22. The molecule has 2 aliphatic heterocycles. The van der Waals surface area contributed by atoms with Gasteiger partial charge in [0.15, 0.2) is 5.78 Å². The number of aromatic nitrogens is 1. The Hall–Kier alpha value is -3.15. The first-order valence-corrected chi connectivity index (χ1v) is 11.3. The quantitative estimate of drug-likeness (QED) is 0.453. The maximum atomic E-state index is 13.9. The number of fused-ring (bicyclic) bond motifs is 1. The number of carbonyl (C=O) groups is 1. The number of morpholine rings is 1. The Balaban J connectivity index is 1.42. The first-order chi connectivity index (χ1) is 15.7. The molecule has 4 aromatic rings. The van der Waals surface area contributed by atoms with Gasteiger partial charge in [0, 0.05) is 36.3 Å². The lowest BCUT2D eigenvalue weighted by Crippen LogP contribution is -2.44. The molecule has 0 amide bonds. The second-order valence-corrected chi connectivity index (χ2v) is 8.73. The van der Waals surface area contributed by atoms with Crippen LogP contribution >= 0.6 is 0 Å². The van der Waals surface area contributed by atoms with Gasteiger partial charge in [-0.3, -0.25) is 9.69 Å². The minimum absolute atomic E-state index is 0.0535. The van der Waals surface area contributed by atoms with Gasteiger partial charge in [0.2, 0.25) is 0 Å². The Morgan fingerprint density at radius 1 is 0.969 bits per heavy atom. The van der Waals surface area contributed by atoms with Gasteiger partial charge in [-0.05, 0) is 23.8 Å². The minimum Gasteiger partial charge on any atom is -0.485 e. The summed E-state index contributed by atoms with van der Waals surface area (Å²) in [6.45, 7) is 7.11. The van der Waals surface area contributed by atoms with Gasteiger partial charge in [0.1, 0.15) is 11.9 Å². The molecule has 1 fully saturated rings. The summed E-state index contributed by atoms with van der Waals surface area (Å²) >= 11 is 0. The lowest BCUT2D eigenvalue weighted by atomic mass is 9.95. The van der Waals surface area contributed by atoms with Crippen LogP contribution in [0.4, 0.5) is 0 Å². The molecular weight excluding hydrogens is 400 g/mol. The SMILES string of the molecule is Cc1c(C(=O)c2cccc3ccccc23)c2cccc3c2n1C[C@H](CN1CCOCC1)O3. The van der Waals surface area contributed by atoms with E-state index in [9.17, 15) is 4.79 Å². The molecule has 0 radical (unpaired) electrons. The minimum atomic E-state index is 0.0535. The maximum Gasteiger partial charge on any atom is 0.196 e. The van der Waals surface area contributed by atoms with Crippen molar-refractivity contribution in [2.24, 2.45) is 0 Å². The third-order valence-electron chi connectivity index (χ3n) is 6.81. The molecule has 0 aliphatic carbocycles. The Kier molecular flexibility index (Phi) is 4.74. The van der Waals surface area contributed by atoms with Crippen molar-refractivity contribution < 1.29 is 14.3 Å². The summed E-state index contributed by atoms with van der Waals surface area (Å²) in [7, 11) is 0. The number of carbonyl (C=O) groups excluding carboxylic acids is 1. The fourth-order valence-corrected chi connectivity index (χ4v) is 5.26. The first-order valence-electron chi connectivity index (χ1n) is 11.3. The van der Waals surface area contributed by atoms with Crippen molar-refractivity contribution >= 4 is 27.5 Å². The van der Waals surface area contributed by atoms with Crippen LogP contribution in [-0.2, 0) is 11.3 Å². The number of benzene rings is 3. The van der Waals surface area contributed by atoms with E-state index in [0.717, 1.165) is 83.6 Å². The van der Waals surface area contributed by atoms with E-state index >= 15 is 0 Å². The Morgan fingerprint density at radius 3 is 2.59 bits per heavy atom. The Bertz CT molecular complexity index is 1330. The summed E-state index contributed by atoms with van der Waals surface area (Å²) in [4.78, 5) is 16.3. The lowest BCUT2D eigenvalue weighted by molar-refractivity contribution is 0.0153. The van der Waals surface area contributed by atoms with E-state index in [0.29, 0.717) is 0 Å². The van der Waals surface area contributed by atoms with Gasteiger partial charge in [0.25, 0.3) is 0 Å². The standard InChI is InChI=1S/C27H26N2O3/c1-18-25(27(30)22-9-4-7-19-6-2-3-8-21(19)22)23-10-5-11-24-26(23)29(18)17-20(32-24)16-28-12-14-31-15-13-28/h2-11,20H,12-17H2,1H3/t20-/m0/s1. The number of hydrogen-bond acceptors (Lipinski definition) is 4. The second kappa shape index (κ2) is 7.76. The van der Waals surface area contributed by atoms with Crippen LogP contribution in [-0.4, -0.2) is 54.2 Å². The van der Waals surface area contributed by atoms with Crippen LogP contribution in [0.2, 0.25) is 0 Å². The molecule has 2 aliphatic rings. The third kappa shape index (κ3) is 3.12. The molecule has 1 atom stereocenters. The molecule has 0 spiro atoms. The summed E-state index contributed by atoms with van der Waals surface area (Å²) < 4.78 is 14.2. The van der Waals surface area contributed by atoms with Crippen LogP contribution in [0.1, 0.15) is 21.6 Å². The zero-order valence-corrected chi connectivity index (χ0v) is 18.2. The fraction of sp³-hybridized carbons (Fsp3) is 0.296. The average molecular weight is 427 g/mol. The highest BCUT2D eigenvalue weighted by Crippen LogP contribution is 2.38. The molecular formula is C27H26N2O3. The van der Waals surface area contributed by atoms with Crippen molar-refractivity contribution in [3.05, 3.63) is 77.5 Å². The van der Waals surface area contributed by atoms with Crippen LogP contribution in [0, 0.1) is 6.92 Å². The summed E-state index contributed by atoms with van der Waals surface area (Å²) in [5, 5.41) is 3.05. The van der Waals surface area contributed by atoms with Crippen LogP contribution < -0.4 is 4.74 Å². The number of ketones is 1. The van der Waals surface area contributed by atoms with Crippen molar-refractivity contribution in [2.45, 2.75) is 19.6 Å². The highest BCUT2D eigenvalue weighted by Gasteiger charge is 2.30. The van der Waals surface area contributed by atoms with Gasteiger partial charge in [0.05, 0.1) is 30.8 Å². The van der Waals surface area contributed by atoms with Gasteiger partial charge < -0.3 is 14.0 Å². The molecule has 0 bridgehead atoms. The topological polar surface area (TPSA) is 43.7 Å². The van der Waals surface area contributed by atoms with Gasteiger partial charge in [-0.2, -0.15) is 0 Å². The van der Waals surface area contributed by atoms with Gasteiger partial charge in [-0.15, -0.1) is 0 Å². The van der Waals surface area contributed by atoms with Crippen LogP contribution in [0.5, 0.6) is 5.75 Å². The maximum absolute atomic E-state index is 13.9. The van der Waals surface area contributed by atoms with E-state index < -0.39 is 0 Å². The van der Waals surface area contributed by atoms with E-state index in [1.807, 2.05) is 48.5 Å². The monoisotopic (exact) mass is 426 g/mol. The summed E-state index contributed by atoms with van der Waals surface area (Å²) in [5.74, 6) is 0.943. The molecule has 5 heteroatoms. The average Bonchev–Trinajstić information content (AvgIpc) is 3.11. The van der Waals surface area contributed by atoms with Crippen LogP contribution in [0.25, 0.3) is 21.7 Å². The van der Waals surface area contributed by atoms with Crippen molar-refractivity contribution in [3.8, 4) is 5.75 Å². The van der Waals surface area contributed by atoms with E-state index in [2.05, 4.69) is 28.5 Å². The van der Waals surface area contributed by atoms with E-state index in [4.69, 9.17) is 9.47 Å². The summed E-state index contributed by atoms with van der Waals surface area (Å²) in [6.07, 6.45) is 0.0535. The van der Waals surface area contributed by atoms with E-state index in [1.54, 1.807) is 0 Å². The molecule has 1 saturated heterocycles. The molecule has 3 heterocycles. The summed E-state index contributed by atoms with van der Waals surface area (Å²) in [6, 6.07) is 20.1. The Morgan fingerprint density at radius 2 is 1.72 bits per heavy atom.